The normalized spacial score (nSPS) is 10.8. The van der Waals surface area contributed by atoms with E-state index in [0.29, 0.717) is 13.2 Å². The fraction of sp³-hybridized carbons (Fsp3) is 0.133. The Kier molecular flexibility index (Phi) is 3.16. The molecule has 3 aromatic rings. The van der Waals surface area contributed by atoms with E-state index in [0.717, 1.165) is 22.5 Å². The van der Waals surface area contributed by atoms with Gasteiger partial charge in [-0.1, -0.05) is 24.3 Å². The fourth-order valence-corrected chi connectivity index (χ4v) is 1.97. The second-order valence-corrected chi connectivity index (χ2v) is 4.34. The van der Waals surface area contributed by atoms with Crippen LogP contribution in [0.4, 0.5) is 0 Å². The van der Waals surface area contributed by atoms with E-state index in [1.165, 1.54) is 0 Å². The lowest BCUT2D eigenvalue weighted by Gasteiger charge is -2.07. The number of rotatable bonds is 4. The first kappa shape index (κ1) is 11.7. The minimum absolute atomic E-state index is 0.525. The van der Waals surface area contributed by atoms with Gasteiger partial charge in [0.1, 0.15) is 6.61 Å². The van der Waals surface area contributed by atoms with Gasteiger partial charge in [-0.2, -0.15) is 0 Å². The van der Waals surface area contributed by atoms with E-state index in [-0.39, 0.29) is 0 Å². The molecule has 3 rings (SSSR count). The molecule has 96 valence electrons. The third-order valence-electron chi connectivity index (χ3n) is 3.04. The van der Waals surface area contributed by atoms with Crippen molar-refractivity contribution in [2.24, 2.45) is 5.73 Å². The van der Waals surface area contributed by atoms with E-state index in [1.54, 1.807) is 6.20 Å². The van der Waals surface area contributed by atoms with Gasteiger partial charge in [0.15, 0.2) is 11.4 Å². The molecule has 0 atom stereocenters. The Hall–Kier alpha value is -2.33. The Morgan fingerprint density at radius 3 is 2.63 bits per heavy atom. The maximum absolute atomic E-state index is 5.82. The third-order valence-corrected chi connectivity index (χ3v) is 3.04. The lowest BCUT2D eigenvalue weighted by atomic mass is 10.1. The van der Waals surface area contributed by atoms with Crippen LogP contribution >= 0.6 is 0 Å². The molecule has 4 heteroatoms. The van der Waals surface area contributed by atoms with Crippen LogP contribution in [-0.2, 0) is 13.2 Å². The molecule has 0 radical (unpaired) electrons. The number of hydrogen-bond acceptors (Lipinski definition) is 3. The molecule has 0 saturated carbocycles. The van der Waals surface area contributed by atoms with Crippen LogP contribution < -0.4 is 10.5 Å². The number of nitrogens with two attached hydrogens (primary N) is 1. The molecule has 0 fully saturated rings. The Morgan fingerprint density at radius 1 is 1.05 bits per heavy atom. The molecule has 0 aliphatic heterocycles. The van der Waals surface area contributed by atoms with Gasteiger partial charge >= 0.3 is 0 Å². The summed E-state index contributed by atoms with van der Waals surface area (Å²) in [5, 5.41) is 0. The van der Waals surface area contributed by atoms with Gasteiger partial charge in [-0.3, -0.25) is 0 Å². The zero-order valence-electron chi connectivity index (χ0n) is 10.5. The molecule has 0 bridgehead atoms. The van der Waals surface area contributed by atoms with Gasteiger partial charge in [-0.25, -0.2) is 4.98 Å². The second-order valence-electron chi connectivity index (χ2n) is 4.34. The Bertz CT molecular complexity index is 673. The topological polar surface area (TPSA) is 52.5 Å². The number of ether oxygens (including phenoxy) is 1. The molecule has 0 aliphatic carbocycles. The summed E-state index contributed by atoms with van der Waals surface area (Å²) in [6.45, 7) is 1.09. The number of hydrogen-bond donors (Lipinski definition) is 1. The number of aromatic nitrogens is 2. The molecule has 2 aromatic heterocycles. The molecule has 0 unspecified atom stereocenters. The molecule has 19 heavy (non-hydrogen) atoms. The second kappa shape index (κ2) is 5.12. The predicted molar refractivity (Wildman–Crippen MR) is 73.9 cm³/mol. The number of fused-ring (bicyclic) bond motifs is 1. The standard InChI is InChI=1S/C15H15N3O/c16-10-12-3-5-13(6-4-12)11-19-14-2-1-8-18-9-7-17-15(14)18/h1-9H,10-11,16H2. The van der Waals surface area contributed by atoms with Crippen LogP contribution in [0.25, 0.3) is 5.65 Å². The van der Waals surface area contributed by atoms with Crippen molar-refractivity contribution in [3.63, 3.8) is 0 Å². The molecule has 0 saturated heterocycles. The number of imidazole rings is 1. The Balaban J connectivity index is 1.76. The van der Waals surface area contributed by atoms with Crippen molar-refractivity contribution in [1.82, 2.24) is 9.38 Å². The minimum atomic E-state index is 0.525. The van der Waals surface area contributed by atoms with E-state index in [9.17, 15) is 0 Å². The third kappa shape index (κ3) is 2.44. The predicted octanol–water partition coefficient (Wildman–Crippen LogP) is 2.37. The van der Waals surface area contributed by atoms with Crippen LogP contribution in [0.2, 0.25) is 0 Å². The summed E-state index contributed by atoms with van der Waals surface area (Å²) in [6, 6.07) is 12.0. The van der Waals surface area contributed by atoms with Crippen molar-refractivity contribution in [1.29, 1.82) is 0 Å². The maximum Gasteiger partial charge on any atom is 0.179 e. The first-order valence-electron chi connectivity index (χ1n) is 6.19. The highest BCUT2D eigenvalue weighted by molar-refractivity contribution is 5.53. The van der Waals surface area contributed by atoms with Crippen LogP contribution in [0.3, 0.4) is 0 Å². The summed E-state index contributed by atoms with van der Waals surface area (Å²) in [6.07, 6.45) is 5.61. The highest BCUT2D eigenvalue weighted by Crippen LogP contribution is 2.18. The van der Waals surface area contributed by atoms with Crippen molar-refractivity contribution in [3.8, 4) is 5.75 Å². The summed E-state index contributed by atoms with van der Waals surface area (Å²) in [7, 11) is 0. The van der Waals surface area contributed by atoms with E-state index >= 15 is 0 Å². The molecular formula is C15H15N3O. The monoisotopic (exact) mass is 253 g/mol. The van der Waals surface area contributed by atoms with Crippen molar-refractivity contribution < 1.29 is 4.74 Å². The summed E-state index contributed by atoms with van der Waals surface area (Å²) in [5.74, 6) is 0.787. The van der Waals surface area contributed by atoms with Crippen molar-refractivity contribution in [2.75, 3.05) is 0 Å². The van der Waals surface area contributed by atoms with E-state index in [4.69, 9.17) is 10.5 Å². The SMILES string of the molecule is NCc1ccc(COc2cccn3ccnc23)cc1. The lowest BCUT2D eigenvalue weighted by molar-refractivity contribution is 0.308. The molecule has 1 aromatic carbocycles. The minimum Gasteiger partial charge on any atom is -0.485 e. The molecule has 2 heterocycles. The molecule has 4 nitrogen and oxygen atoms in total. The summed E-state index contributed by atoms with van der Waals surface area (Å²) >= 11 is 0. The Morgan fingerprint density at radius 2 is 1.84 bits per heavy atom. The van der Waals surface area contributed by atoms with Gasteiger partial charge in [0.2, 0.25) is 0 Å². The van der Waals surface area contributed by atoms with E-state index < -0.39 is 0 Å². The Labute approximate surface area is 111 Å². The quantitative estimate of drug-likeness (QED) is 0.776. The molecule has 0 spiro atoms. The highest BCUT2D eigenvalue weighted by atomic mass is 16.5. The number of benzene rings is 1. The first-order chi connectivity index (χ1) is 9.36. The average Bonchev–Trinajstić information content (AvgIpc) is 2.94. The van der Waals surface area contributed by atoms with Crippen LogP contribution in [-0.4, -0.2) is 9.38 Å². The van der Waals surface area contributed by atoms with Gasteiger partial charge in [-0.15, -0.1) is 0 Å². The number of pyridine rings is 1. The largest absolute Gasteiger partial charge is 0.485 e. The van der Waals surface area contributed by atoms with Crippen LogP contribution in [0.1, 0.15) is 11.1 Å². The van der Waals surface area contributed by atoms with Crippen molar-refractivity contribution in [2.45, 2.75) is 13.2 Å². The number of nitrogens with zero attached hydrogens (tertiary/aromatic N) is 2. The molecular weight excluding hydrogens is 238 g/mol. The maximum atomic E-state index is 5.82. The van der Waals surface area contributed by atoms with Crippen LogP contribution in [0, 0.1) is 0 Å². The van der Waals surface area contributed by atoms with Crippen LogP contribution in [0.5, 0.6) is 5.75 Å². The summed E-state index contributed by atoms with van der Waals surface area (Å²) < 4.78 is 7.76. The van der Waals surface area contributed by atoms with Gasteiger partial charge in [0.05, 0.1) is 0 Å². The van der Waals surface area contributed by atoms with Gasteiger partial charge in [0, 0.05) is 25.1 Å². The fourth-order valence-electron chi connectivity index (χ4n) is 1.97. The van der Waals surface area contributed by atoms with Gasteiger partial charge in [-0.05, 0) is 23.3 Å². The molecule has 2 N–H and O–H groups in total. The molecule has 0 amide bonds. The summed E-state index contributed by atoms with van der Waals surface area (Å²) in [5.41, 5.74) is 8.65. The van der Waals surface area contributed by atoms with Crippen LogP contribution in [0.15, 0.2) is 55.0 Å². The smallest absolute Gasteiger partial charge is 0.179 e. The zero-order valence-corrected chi connectivity index (χ0v) is 10.5. The summed E-state index contributed by atoms with van der Waals surface area (Å²) in [4.78, 5) is 4.28. The molecule has 0 aliphatic rings. The van der Waals surface area contributed by atoms with Crippen molar-refractivity contribution >= 4 is 5.65 Å². The van der Waals surface area contributed by atoms with E-state index in [2.05, 4.69) is 4.98 Å². The lowest BCUT2D eigenvalue weighted by Crippen LogP contribution is -1.99. The van der Waals surface area contributed by atoms with Gasteiger partial charge in [0.25, 0.3) is 0 Å². The average molecular weight is 253 g/mol. The highest BCUT2D eigenvalue weighted by Gasteiger charge is 2.03. The first-order valence-corrected chi connectivity index (χ1v) is 6.19. The zero-order chi connectivity index (χ0) is 13.1. The van der Waals surface area contributed by atoms with Gasteiger partial charge < -0.3 is 14.9 Å². The van der Waals surface area contributed by atoms with E-state index in [1.807, 2.05) is 53.2 Å². The van der Waals surface area contributed by atoms with Crippen molar-refractivity contribution in [3.05, 3.63) is 66.1 Å².